The number of hydrogen-bond acceptors (Lipinski definition) is 1. The smallest absolute Gasteiger partial charge is 0.0905 e. The molecule has 0 aliphatic heterocycles. The molecule has 1 heteroatoms. The van der Waals surface area contributed by atoms with Crippen LogP contribution in [0, 0.1) is 28.6 Å². The van der Waals surface area contributed by atoms with Crippen LogP contribution >= 0.6 is 0 Å². The van der Waals surface area contributed by atoms with Gasteiger partial charge in [-0.2, -0.15) is 0 Å². The van der Waals surface area contributed by atoms with Crippen LogP contribution in [0.1, 0.15) is 46.0 Å². The van der Waals surface area contributed by atoms with Crippen molar-refractivity contribution in [1.82, 2.24) is 0 Å². The van der Waals surface area contributed by atoms with Crippen molar-refractivity contribution in [2.24, 2.45) is 28.6 Å². The Bertz CT molecular complexity index is 514. The van der Waals surface area contributed by atoms with E-state index in [1.807, 2.05) is 6.08 Å². The van der Waals surface area contributed by atoms with Crippen LogP contribution in [0.15, 0.2) is 36.0 Å². The molecule has 6 atom stereocenters. The molecule has 0 aromatic heterocycles. The molecular formula is C19H26O. The highest BCUT2D eigenvalue weighted by Gasteiger charge is 2.54. The van der Waals surface area contributed by atoms with Gasteiger partial charge in [0, 0.05) is 5.41 Å². The first kappa shape index (κ1) is 12.9. The Balaban J connectivity index is 1.70. The van der Waals surface area contributed by atoms with Gasteiger partial charge in [0.05, 0.1) is 6.10 Å². The van der Waals surface area contributed by atoms with Gasteiger partial charge >= 0.3 is 0 Å². The molecule has 1 N–H and O–H groups in total. The van der Waals surface area contributed by atoms with E-state index >= 15 is 0 Å². The topological polar surface area (TPSA) is 20.2 Å². The minimum atomic E-state index is -0.350. The molecule has 0 bridgehead atoms. The number of rotatable bonds is 0. The zero-order valence-electron chi connectivity index (χ0n) is 12.7. The second-order valence-electron chi connectivity index (χ2n) is 7.92. The van der Waals surface area contributed by atoms with Crippen LogP contribution in [0.4, 0.5) is 0 Å². The van der Waals surface area contributed by atoms with Gasteiger partial charge in [0.15, 0.2) is 0 Å². The van der Waals surface area contributed by atoms with Gasteiger partial charge in [-0.15, -0.1) is 0 Å². The first-order valence-electron chi connectivity index (χ1n) is 8.29. The summed E-state index contributed by atoms with van der Waals surface area (Å²) in [6.45, 7) is 4.90. The van der Waals surface area contributed by atoms with E-state index < -0.39 is 0 Å². The van der Waals surface area contributed by atoms with Crippen molar-refractivity contribution in [2.75, 3.05) is 0 Å². The van der Waals surface area contributed by atoms with E-state index in [4.69, 9.17) is 0 Å². The summed E-state index contributed by atoms with van der Waals surface area (Å²) in [6, 6.07) is 0. The predicted octanol–water partition coefficient (Wildman–Crippen LogP) is 4.25. The number of allylic oxidation sites excluding steroid dienone is 4. The van der Waals surface area contributed by atoms with Crippen LogP contribution in [-0.2, 0) is 0 Å². The monoisotopic (exact) mass is 270 g/mol. The molecule has 0 heterocycles. The Morgan fingerprint density at radius 1 is 1.15 bits per heavy atom. The quantitative estimate of drug-likeness (QED) is 0.652. The van der Waals surface area contributed by atoms with Crippen LogP contribution in [0.2, 0.25) is 0 Å². The first-order chi connectivity index (χ1) is 9.53. The molecule has 0 radical (unpaired) electrons. The molecule has 2 saturated carbocycles. The molecule has 2 fully saturated rings. The Labute approximate surface area is 122 Å². The highest BCUT2D eigenvalue weighted by Crippen LogP contribution is 2.62. The van der Waals surface area contributed by atoms with Gasteiger partial charge < -0.3 is 5.11 Å². The lowest BCUT2D eigenvalue weighted by molar-refractivity contribution is -0.00292. The lowest BCUT2D eigenvalue weighted by Crippen LogP contribution is -2.48. The van der Waals surface area contributed by atoms with E-state index in [0.29, 0.717) is 5.41 Å². The molecule has 0 aromatic rings. The lowest BCUT2D eigenvalue weighted by atomic mass is 9.48. The van der Waals surface area contributed by atoms with Crippen molar-refractivity contribution in [2.45, 2.75) is 52.1 Å². The van der Waals surface area contributed by atoms with Gasteiger partial charge in [-0.1, -0.05) is 49.8 Å². The number of aliphatic hydroxyl groups excluding tert-OH is 1. The normalized spacial score (nSPS) is 53.0. The van der Waals surface area contributed by atoms with Crippen molar-refractivity contribution in [3.05, 3.63) is 36.0 Å². The highest BCUT2D eigenvalue weighted by molar-refractivity contribution is 5.34. The highest BCUT2D eigenvalue weighted by atomic mass is 16.3. The number of fused-ring (bicyclic) bond motifs is 5. The van der Waals surface area contributed by atoms with Crippen LogP contribution in [0.3, 0.4) is 0 Å². The predicted molar refractivity (Wildman–Crippen MR) is 82.1 cm³/mol. The minimum absolute atomic E-state index is 0.214. The van der Waals surface area contributed by atoms with E-state index in [9.17, 15) is 5.11 Å². The standard InChI is InChI=1S/C19H26O/c1-18-9-3-4-16(18)15-6-5-13-12-14(20)7-11-19(13,2)17(15)8-10-18/h3,7,9,11-12,14-17,20H,4-6,8,10H2,1-2H3/t14-,15+,16+,17+,18+,19+/m1/s1. The first-order valence-corrected chi connectivity index (χ1v) is 8.29. The summed E-state index contributed by atoms with van der Waals surface area (Å²) in [7, 11) is 0. The van der Waals surface area contributed by atoms with Gasteiger partial charge in [0.1, 0.15) is 0 Å². The zero-order chi connectivity index (χ0) is 14.0. The maximum Gasteiger partial charge on any atom is 0.0905 e. The third-order valence-electron chi connectivity index (χ3n) is 6.98. The summed E-state index contributed by atoms with van der Waals surface area (Å²) < 4.78 is 0. The SMILES string of the molecule is C[C@@]12C=CC[C@H]1[C@@H]1CCC3=C[C@H](O)C=C[C@]3(C)[C@H]1CC2. The third-order valence-corrected chi connectivity index (χ3v) is 6.98. The summed E-state index contributed by atoms with van der Waals surface area (Å²) in [5, 5.41) is 9.88. The van der Waals surface area contributed by atoms with Gasteiger partial charge in [-0.05, 0) is 55.3 Å². The fourth-order valence-electron chi connectivity index (χ4n) is 5.80. The fourth-order valence-corrected chi connectivity index (χ4v) is 5.80. The Morgan fingerprint density at radius 3 is 2.85 bits per heavy atom. The van der Waals surface area contributed by atoms with Crippen LogP contribution in [-0.4, -0.2) is 11.2 Å². The van der Waals surface area contributed by atoms with E-state index in [-0.39, 0.29) is 11.5 Å². The summed E-state index contributed by atoms with van der Waals surface area (Å²) in [5.41, 5.74) is 2.19. The lowest BCUT2D eigenvalue weighted by Gasteiger charge is -2.56. The molecule has 0 saturated heterocycles. The molecular weight excluding hydrogens is 244 g/mol. The van der Waals surface area contributed by atoms with Crippen LogP contribution in [0.5, 0.6) is 0 Å². The van der Waals surface area contributed by atoms with Gasteiger partial charge in [-0.3, -0.25) is 0 Å². The molecule has 0 spiro atoms. The minimum Gasteiger partial charge on any atom is -0.385 e. The molecule has 1 nitrogen and oxygen atoms in total. The van der Waals surface area contributed by atoms with Crippen molar-refractivity contribution in [3.8, 4) is 0 Å². The Kier molecular flexibility index (Phi) is 2.64. The fraction of sp³-hybridized carbons (Fsp3) is 0.684. The molecule has 0 amide bonds. The summed E-state index contributed by atoms with van der Waals surface area (Å²) in [5.74, 6) is 2.51. The summed E-state index contributed by atoms with van der Waals surface area (Å²) in [4.78, 5) is 0. The van der Waals surface area contributed by atoms with E-state index in [1.165, 1.54) is 37.7 Å². The average Bonchev–Trinajstić information content (AvgIpc) is 2.81. The largest absolute Gasteiger partial charge is 0.385 e. The molecule has 20 heavy (non-hydrogen) atoms. The van der Waals surface area contributed by atoms with Crippen molar-refractivity contribution in [1.29, 1.82) is 0 Å². The molecule has 4 aliphatic carbocycles. The molecule has 0 aromatic carbocycles. The van der Waals surface area contributed by atoms with Crippen molar-refractivity contribution in [3.63, 3.8) is 0 Å². The second-order valence-corrected chi connectivity index (χ2v) is 7.92. The second kappa shape index (κ2) is 4.10. The summed E-state index contributed by atoms with van der Waals surface area (Å²) >= 11 is 0. The zero-order valence-corrected chi connectivity index (χ0v) is 12.7. The molecule has 4 rings (SSSR count). The van der Waals surface area contributed by atoms with E-state index in [1.54, 1.807) is 0 Å². The van der Waals surface area contributed by atoms with Crippen molar-refractivity contribution < 1.29 is 5.11 Å². The third kappa shape index (κ3) is 1.59. The maximum absolute atomic E-state index is 9.88. The van der Waals surface area contributed by atoms with E-state index in [2.05, 4.69) is 38.2 Å². The molecule has 108 valence electrons. The van der Waals surface area contributed by atoms with Gasteiger partial charge in [0.2, 0.25) is 0 Å². The van der Waals surface area contributed by atoms with Gasteiger partial charge in [-0.25, -0.2) is 0 Å². The van der Waals surface area contributed by atoms with Crippen molar-refractivity contribution >= 4 is 0 Å². The van der Waals surface area contributed by atoms with Crippen LogP contribution < -0.4 is 0 Å². The van der Waals surface area contributed by atoms with Crippen LogP contribution in [0.25, 0.3) is 0 Å². The Hall–Kier alpha value is -0.820. The Morgan fingerprint density at radius 2 is 2.00 bits per heavy atom. The maximum atomic E-state index is 9.88. The summed E-state index contributed by atoms with van der Waals surface area (Å²) in [6.07, 6.45) is 17.5. The molecule has 0 unspecified atom stereocenters. The average molecular weight is 270 g/mol. The van der Waals surface area contributed by atoms with Gasteiger partial charge in [0.25, 0.3) is 0 Å². The van der Waals surface area contributed by atoms with E-state index in [0.717, 1.165) is 17.8 Å². The number of hydrogen-bond donors (Lipinski definition) is 1. The molecule has 4 aliphatic rings. The number of aliphatic hydroxyl groups is 1.